The minimum atomic E-state index is -0.265. The highest BCUT2D eigenvalue weighted by atomic mass is 127. The van der Waals surface area contributed by atoms with Crippen LogP contribution in [0.5, 0.6) is 0 Å². The number of guanidine groups is 1. The molecule has 1 aliphatic rings. The Labute approximate surface area is 179 Å². The number of primary amides is 1. The van der Waals surface area contributed by atoms with E-state index in [1.54, 1.807) is 0 Å². The molecule has 0 spiro atoms. The fraction of sp³-hybridized carbons (Fsp3) is 0.611. The summed E-state index contributed by atoms with van der Waals surface area (Å²) in [5, 5.41) is 6.79. The molecule has 1 amide bonds. The van der Waals surface area contributed by atoms with Gasteiger partial charge in [-0.05, 0) is 31.9 Å². The molecule has 2 heterocycles. The van der Waals surface area contributed by atoms with Crippen molar-refractivity contribution >= 4 is 41.7 Å². The Kier molecular flexibility index (Phi) is 10.4. The number of piperidine rings is 1. The molecular weight excluding hydrogens is 457 g/mol. The summed E-state index contributed by atoms with van der Waals surface area (Å²) in [5.74, 6) is 1.47. The van der Waals surface area contributed by atoms with E-state index in [1.807, 2.05) is 37.2 Å². The van der Waals surface area contributed by atoms with Gasteiger partial charge in [0.1, 0.15) is 5.82 Å². The molecule has 1 saturated heterocycles. The van der Waals surface area contributed by atoms with E-state index in [-0.39, 0.29) is 29.9 Å². The van der Waals surface area contributed by atoms with Crippen molar-refractivity contribution in [3.63, 3.8) is 0 Å². The molecule has 0 aliphatic carbocycles. The summed E-state index contributed by atoms with van der Waals surface area (Å²) in [6.07, 6.45) is 1.93. The van der Waals surface area contributed by atoms with Gasteiger partial charge < -0.3 is 21.3 Å². The van der Waals surface area contributed by atoms with Crippen LogP contribution in [0.2, 0.25) is 0 Å². The fourth-order valence-corrected chi connectivity index (χ4v) is 2.93. The lowest BCUT2D eigenvalue weighted by molar-refractivity contribution is -0.119. The van der Waals surface area contributed by atoms with Crippen molar-refractivity contribution in [3.8, 4) is 0 Å². The van der Waals surface area contributed by atoms with Crippen LogP contribution in [0.15, 0.2) is 23.2 Å². The van der Waals surface area contributed by atoms with Gasteiger partial charge in [-0.3, -0.25) is 9.69 Å². The SMILES string of the molecule is CCNC(=NCc1cccc(N(C)C)n1)NC1CCN(CC(N)=O)CC1.I. The number of anilines is 1. The van der Waals surface area contributed by atoms with Gasteiger partial charge in [0.15, 0.2) is 5.96 Å². The Morgan fingerprint density at radius 3 is 2.67 bits per heavy atom. The minimum absolute atomic E-state index is 0. The summed E-state index contributed by atoms with van der Waals surface area (Å²) in [5.41, 5.74) is 6.20. The molecule has 27 heavy (non-hydrogen) atoms. The van der Waals surface area contributed by atoms with Crippen LogP contribution in [0.4, 0.5) is 5.82 Å². The van der Waals surface area contributed by atoms with E-state index in [9.17, 15) is 4.79 Å². The molecule has 0 unspecified atom stereocenters. The molecular formula is C18H32IN7O. The predicted octanol–water partition coefficient (Wildman–Crippen LogP) is 0.770. The molecule has 0 radical (unpaired) electrons. The van der Waals surface area contributed by atoms with Gasteiger partial charge in [0.2, 0.25) is 5.91 Å². The van der Waals surface area contributed by atoms with Crippen molar-refractivity contribution < 1.29 is 4.79 Å². The van der Waals surface area contributed by atoms with Gasteiger partial charge in [0.25, 0.3) is 0 Å². The van der Waals surface area contributed by atoms with Crippen molar-refractivity contribution in [3.05, 3.63) is 23.9 Å². The van der Waals surface area contributed by atoms with Gasteiger partial charge in [-0.15, -0.1) is 24.0 Å². The van der Waals surface area contributed by atoms with Crippen LogP contribution in [0, 0.1) is 0 Å². The van der Waals surface area contributed by atoms with Crippen LogP contribution in [0.3, 0.4) is 0 Å². The van der Waals surface area contributed by atoms with Crippen molar-refractivity contribution in [1.29, 1.82) is 0 Å². The lowest BCUT2D eigenvalue weighted by Crippen LogP contribution is -2.49. The van der Waals surface area contributed by atoms with Crippen molar-refractivity contribution in [1.82, 2.24) is 20.5 Å². The monoisotopic (exact) mass is 489 g/mol. The minimum Gasteiger partial charge on any atom is -0.369 e. The standard InChI is InChI=1S/C18H31N7O.HI/c1-4-20-18(21-12-15-6-5-7-17(22-15)24(2)3)23-14-8-10-25(11-9-14)13-16(19)26;/h5-7,14H,4,8-13H2,1-3H3,(H2,19,26)(H2,20,21,23);1H. The highest BCUT2D eigenvalue weighted by Gasteiger charge is 2.20. The number of halogens is 1. The van der Waals surface area contributed by atoms with E-state index in [0.717, 1.165) is 49.9 Å². The molecule has 0 atom stereocenters. The van der Waals surface area contributed by atoms with E-state index < -0.39 is 0 Å². The number of hydrogen-bond donors (Lipinski definition) is 3. The van der Waals surface area contributed by atoms with Crippen LogP contribution < -0.4 is 21.3 Å². The molecule has 152 valence electrons. The maximum atomic E-state index is 11.0. The fourth-order valence-electron chi connectivity index (χ4n) is 2.93. The molecule has 1 aromatic heterocycles. The van der Waals surface area contributed by atoms with Crippen LogP contribution in [0.1, 0.15) is 25.5 Å². The Morgan fingerprint density at radius 1 is 1.37 bits per heavy atom. The second-order valence-corrected chi connectivity index (χ2v) is 6.74. The first-order valence-electron chi connectivity index (χ1n) is 9.16. The van der Waals surface area contributed by atoms with Crippen LogP contribution >= 0.6 is 24.0 Å². The number of nitrogens with one attached hydrogen (secondary N) is 2. The van der Waals surface area contributed by atoms with Crippen molar-refractivity contribution in [2.24, 2.45) is 10.7 Å². The topological polar surface area (TPSA) is 98.9 Å². The smallest absolute Gasteiger partial charge is 0.231 e. The first kappa shape index (κ1) is 23.4. The van der Waals surface area contributed by atoms with Gasteiger partial charge in [0, 0.05) is 39.8 Å². The normalized spacial score (nSPS) is 15.7. The maximum Gasteiger partial charge on any atom is 0.231 e. The van der Waals surface area contributed by atoms with Gasteiger partial charge in [-0.25, -0.2) is 9.98 Å². The Bertz CT molecular complexity index is 615. The molecule has 2 rings (SSSR count). The zero-order valence-electron chi connectivity index (χ0n) is 16.4. The second kappa shape index (κ2) is 12.0. The molecule has 4 N–H and O–H groups in total. The van der Waals surface area contributed by atoms with E-state index >= 15 is 0 Å². The molecule has 1 fully saturated rings. The van der Waals surface area contributed by atoms with Gasteiger partial charge in [-0.1, -0.05) is 6.07 Å². The third-order valence-corrected chi connectivity index (χ3v) is 4.30. The molecule has 0 aromatic carbocycles. The lowest BCUT2D eigenvalue weighted by Gasteiger charge is -2.32. The Morgan fingerprint density at radius 2 is 2.07 bits per heavy atom. The number of aliphatic imine (C=N–C) groups is 1. The first-order chi connectivity index (χ1) is 12.5. The number of pyridine rings is 1. The number of carbonyl (C=O) groups is 1. The van der Waals surface area contributed by atoms with E-state index in [2.05, 4.69) is 32.4 Å². The van der Waals surface area contributed by atoms with E-state index in [0.29, 0.717) is 19.1 Å². The van der Waals surface area contributed by atoms with Crippen LogP contribution in [-0.4, -0.2) is 68.1 Å². The summed E-state index contributed by atoms with van der Waals surface area (Å²) < 4.78 is 0. The summed E-state index contributed by atoms with van der Waals surface area (Å²) in [4.78, 5) is 24.4. The van der Waals surface area contributed by atoms with Gasteiger partial charge in [0.05, 0.1) is 18.8 Å². The van der Waals surface area contributed by atoms with E-state index in [1.165, 1.54) is 0 Å². The first-order valence-corrected chi connectivity index (χ1v) is 9.16. The number of rotatable bonds is 7. The Balaban J connectivity index is 0.00000364. The zero-order chi connectivity index (χ0) is 18.9. The number of nitrogens with two attached hydrogens (primary N) is 1. The lowest BCUT2D eigenvalue weighted by atomic mass is 10.1. The number of hydrogen-bond acceptors (Lipinski definition) is 5. The summed E-state index contributed by atoms with van der Waals surface area (Å²) in [6, 6.07) is 6.32. The molecule has 8 nitrogen and oxygen atoms in total. The van der Waals surface area contributed by atoms with E-state index in [4.69, 9.17) is 5.73 Å². The number of nitrogens with zero attached hydrogens (tertiary/aromatic N) is 4. The Hall–Kier alpha value is -1.62. The average molecular weight is 489 g/mol. The van der Waals surface area contributed by atoms with Crippen molar-refractivity contribution in [2.75, 3.05) is 45.2 Å². The second-order valence-electron chi connectivity index (χ2n) is 6.74. The number of likely N-dealkylation sites (tertiary alicyclic amines) is 1. The molecule has 1 aromatic rings. The average Bonchev–Trinajstić information content (AvgIpc) is 2.61. The number of carbonyl (C=O) groups excluding carboxylic acids is 1. The number of amides is 1. The molecule has 9 heteroatoms. The molecule has 0 bridgehead atoms. The third-order valence-electron chi connectivity index (χ3n) is 4.30. The predicted molar refractivity (Wildman–Crippen MR) is 121 cm³/mol. The summed E-state index contributed by atoms with van der Waals surface area (Å²) in [6.45, 7) is 5.46. The molecule has 0 saturated carbocycles. The zero-order valence-corrected chi connectivity index (χ0v) is 18.8. The van der Waals surface area contributed by atoms with Crippen LogP contribution in [-0.2, 0) is 11.3 Å². The summed E-state index contributed by atoms with van der Waals surface area (Å²) in [7, 11) is 3.96. The quantitative estimate of drug-likeness (QED) is 0.298. The number of aromatic nitrogens is 1. The summed E-state index contributed by atoms with van der Waals surface area (Å²) >= 11 is 0. The third kappa shape index (κ3) is 8.29. The highest BCUT2D eigenvalue weighted by molar-refractivity contribution is 14.0. The largest absolute Gasteiger partial charge is 0.369 e. The van der Waals surface area contributed by atoms with Crippen molar-refractivity contribution in [2.45, 2.75) is 32.4 Å². The van der Waals surface area contributed by atoms with Gasteiger partial charge in [-0.2, -0.15) is 0 Å². The van der Waals surface area contributed by atoms with Crippen LogP contribution in [0.25, 0.3) is 0 Å². The highest BCUT2D eigenvalue weighted by Crippen LogP contribution is 2.11. The van der Waals surface area contributed by atoms with Gasteiger partial charge >= 0.3 is 0 Å². The maximum absolute atomic E-state index is 11.0. The molecule has 1 aliphatic heterocycles.